The Kier molecular flexibility index (Phi) is 3.21. The average molecular weight is 317 g/mol. The Morgan fingerprint density at radius 1 is 1.11 bits per heavy atom. The van der Waals surface area contributed by atoms with Gasteiger partial charge in [0.2, 0.25) is 0 Å². The van der Waals surface area contributed by atoms with Gasteiger partial charge in [-0.25, -0.2) is 0 Å². The number of halogens is 1. The van der Waals surface area contributed by atoms with E-state index in [4.69, 9.17) is 0 Å². The van der Waals surface area contributed by atoms with E-state index in [9.17, 15) is 0 Å². The number of hydrogen-bond donors (Lipinski definition) is 0. The monoisotopic (exact) mass is 316 g/mol. The minimum atomic E-state index is 0.692. The lowest BCUT2D eigenvalue weighted by Gasteiger charge is -1.98. The molecule has 4 nitrogen and oxygen atoms in total. The van der Waals surface area contributed by atoms with Crippen molar-refractivity contribution in [3.05, 3.63) is 59.1 Å². The van der Waals surface area contributed by atoms with Crippen molar-refractivity contribution in [2.45, 2.75) is 6.54 Å². The quantitative estimate of drug-likeness (QED) is 0.744. The molecule has 0 N–H and O–H groups in total. The average Bonchev–Trinajstić information content (AvgIpc) is 3.00. The molecule has 0 unspecified atom stereocenters. The first kappa shape index (κ1) is 12.2. The summed E-state index contributed by atoms with van der Waals surface area (Å²) in [6, 6.07) is 10.2. The van der Waals surface area contributed by atoms with Crippen LogP contribution in [0.4, 0.5) is 0 Å². The van der Waals surface area contributed by atoms with Gasteiger partial charge in [0.15, 0.2) is 0 Å². The van der Waals surface area contributed by atoms with E-state index in [0.717, 1.165) is 21.3 Å². The smallest absolute Gasteiger partial charge is 0.0850 e. The molecule has 2 heterocycles. The number of benzene rings is 1. The summed E-state index contributed by atoms with van der Waals surface area (Å²) in [6.07, 6.45) is 5.86. The highest BCUT2D eigenvalue weighted by atomic mass is 79.9. The van der Waals surface area contributed by atoms with Gasteiger partial charge in [-0.1, -0.05) is 28.1 Å². The molecule has 0 fully saturated rings. The molecular weight excluding hydrogens is 304 g/mol. The van der Waals surface area contributed by atoms with Crippen LogP contribution in [0, 0.1) is 0 Å². The van der Waals surface area contributed by atoms with Gasteiger partial charge in [0.25, 0.3) is 0 Å². The number of rotatable bonds is 3. The van der Waals surface area contributed by atoms with Crippen LogP contribution < -0.4 is 0 Å². The topological polar surface area (TPSA) is 35.6 Å². The van der Waals surface area contributed by atoms with Crippen LogP contribution >= 0.6 is 15.9 Å². The maximum atomic E-state index is 4.38. The van der Waals surface area contributed by atoms with Gasteiger partial charge in [0.1, 0.15) is 0 Å². The summed E-state index contributed by atoms with van der Waals surface area (Å²) in [4.78, 5) is 0. The van der Waals surface area contributed by atoms with Crippen LogP contribution in [0.2, 0.25) is 0 Å². The maximum Gasteiger partial charge on any atom is 0.0850 e. The summed E-state index contributed by atoms with van der Waals surface area (Å²) in [7, 11) is 1.92. The van der Waals surface area contributed by atoms with E-state index in [1.54, 1.807) is 4.68 Å². The van der Waals surface area contributed by atoms with Crippen LogP contribution in [0.3, 0.4) is 0 Å². The molecule has 19 heavy (non-hydrogen) atoms. The fourth-order valence-corrected chi connectivity index (χ4v) is 2.22. The minimum Gasteiger partial charge on any atom is -0.275 e. The summed E-state index contributed by atoms with van der Waals surface area (Å²) < 4.78 is 4.78. The largest absolute Gasteiger partial charge is 0.275 e. The molecule has 5 heteroatoms. The molecule has 0 radical (unpaired) electrons. The van der Waals surface area contributed by atoms with Gasteiger partial charge < -0.3 is 0 Å². The van der Waals surface area contributed by atoms with Crippen molar-refractivity contribution in [3.8, 4) is 11.1 Å². The molecule has 0 amide bonds. The predicted molar refractivity (Wildman–Crippen MR) is 77.7 cm³/mol. The Morgan fingerprint density at radius 2 is 1.89 bits per heavy atom. The van der Waals surface area contributed by atoms with E-state index in [-0.39, 0.29) is 0 Å². The van der Waals surface area contributed by atoms with Gasteiger partial charge in [-0.05, 0) is 23.8 Å². The lowest BCUT2D eigenvalue weighted by Crippen LogP contribution is -2.01. The lowest BCUT2D eigenvalue weighted by molar-refractivity contribution is 0.650. The molecule has 0 atom stereocenters. The normalized spacial score (nSPS) is 10.8. The summed E-state index contributed by atoms with van der Waals surface area (Å²) >= 11 is 3.44. The predicted octanol–water partition coefficient (Wildman–Crippen LogP) is 3.09. The zero-order valence-corrected chi connectivity index (χ0v) is 12.1. The first-order chi connectivity index (χ1) is 9.20. The third kappa shape index (κ3) is 2.76. The van der Waals surface area contributed by atoms with Crippen LogP contribution in [0.25, 0.3) is 11.1 Å². The highest BCUT2D eigenvalue weighted by Gasteiger charge is 2.03. The standard InChI is InChI=1S/C14H13BrN4/c1-18-7-6-14(17-18)10-19-9-12(8-16-19)11-2-4-13(15)5-3-11/h2-9H,10H2,1H3. The zero-order chi connectivity index (χ0) is 13.2. The number of aromatic nitrogens is 4. The van der Waals surface area contributed by atoms with E-state index in [1.165, 1.54) is 0 Å². The fourth-order valence-electron chi connectivity index (χ4n) is 1.95. The lowest BCUT2D eigenvalue weighted by atomic mass is 10.1. The number of nitrogens with zero attached hydrogens (tertiary/aromatic N) is 4. The summed E-state index contributed by atoms with van der Waals surface area (Å²) in [6.45, 7) is 0.692. The summed E-state index contributed by atoms with van der Waals surface area (Å²) in [5, 5.41) is 8.72. The molecule has 0 aliphatic carbocycles. The molecule has 2 aromatic heterocycles. The maximum absolute atomic E-state index is 4.38. The van der Waals surface area contributed by atoms with Crippen molar-refractivity contribution in [3.63, 3.8) is 0 Å². The second-order valence-corrected chi connectivity index (χ2v) is 5.33. The molecule has 0 bridgehead atoms. The van der Waals surface area contributed by atoms with Gasteiger partial charge in [0, 0.05) is 29.5 Å². The molecule has 0 spiro atoms. The second-order valence-electron chi connectivity index (χ2n) is 4.41. The first-order valence-electron chi connectivity index (χ1n) is 5.97. The Hall–Kier alpha value is -1.88. The van der Waals surface area contributed by atoms with E-state index < -0.39 is 0 Å². The number of hydrogen-bond acceptors (Lipinski definition) is 2. The third-order valence-corrected chi connectivity index (χ3v) is 3.43. The van der Waals surface area contributed by atoms with E-state index in [0.29, 0.717) is 6.54 Å². The molecule has 0 saturated carbocycles. The number of aryl methyl sites for hydroxylation is 1. The van der Waals surface area contributed by atoms with Crippen molar-refractivity contribution in [1.82, 2.24) is 19.6 Å². The zero-order valence-electron chi connectivity index (χ0n) is 10.5. The summed E-state index contributed by atoms with van der Waals surface area (Å²) in [5.74, 6) is 0. The van der Waals surface area contributed by atoms with Crippen molar-refractivity contribution in [1.29, 1.82) is 0 Å². The molecule has 3 rings (SSSR count). The first-order valence-corrected chi connectivity index (χ1v) is 6.77. The Balaban J connectivity index is 1.81. The van der Waals surface area contributed by atoms with Gasteiger partial charge >= 0.3 is 0 Å². The minimum absolute atomic E-state index is 0.692. The van der Waals surface area contributed by atoms with Crippen LogP contribution in [0.15, 0.2) is 53.4 Å². The highest BCUT2D eigenvalue weighted by Crippen LogP contribution is 2.21. The molecule has 0 aliphatic rings. The van der Waals surface area contributed by atoms with Crippen LogP contribution in [0.1, 0.15) is 5.69 Å². The van der Waals surface area contributed by atoms with Crippen LogP contribution in [0.5, 0.6) is 0 Å². The molecule has 1 aromatic carbocycles. The van der Waals surface area contributed by atoms with Crippen molar-refractivity contribution in [2.24, 2.45) is 7.05 Å². The molecule has 0 saturated heterocycles. The molecule has 96 valence electrons. The van der Waals surface area contributed by atoms with E-state index in [1.807, 2.05) is 48.5 Å². The van der Waals surface area contributed by atoms with Gasteiger partial charge in [-0.3, -0.25) is 9.36 Å². The Morgan fingerprint density at radius 3 is 2.58 bits per heavy atom. The SMILES string of the molecule is Cn1ccc(Cn2cc(-c3ccc(Br)cc3)cn2)n1. The van der Waals surface area contributed by atoms with Crippen LogP contribution in [-0.4, -0.2) is 19.6 Å². The third-order valence-electron chi connectivity index (χ3n) is 2.90. The van der Waals surface area contributed by atoms with Crippen LogP contribution in [-0.2, 0) is 13.6 Å². The van der Waals surface area contributed by atoms with E-state index in [2.05, 4.69) is 38.3 Å². The Labute approximate surface area is 119 Å². The second kappa shape index (κ2) is 5.01. The summed E-state index contributed by atoms with van der Waals surface area (Å²) in [5.41, 5.74) is 3.28. The molecule has 0 aliphatic heterocycles. The molecule has 3 aromatic rings. The Bertz CT molecular complexity index is 682. The van der Waals surface area contributed by atoms with Gasteiger partial charge in [-0.2, -0.15) is 10.2 Å². The molecular formula is C14H13BrN4. The van der Waals surface area contributed by atoms with Crippen molar-refractivity contribution >= 4 is 15.9 Å². The van der Waals surface area contributed by atoms with Gasteiger partial charge in [-0.15, -0.1) is 0 Å². The highest BCUT2D eigenvalue weighted by molar-refractivity contribution is 9.10. The van der Waals surface area contributed by atoms with Crippen molar-refractivity contribution < 1.29 is 0 Å². The van der Waals surface area contributed by atoms with E-state index >= 15 is 0 Å². The van der Waals surface area contributed by atoms with Gasteiger partial charge in [0.05, 0.1) is 18.4 Å². The fraction of sp³-hybridized carbons (Fsp3) is 0.143. The van der Waals surface area contributed by atoms with Crippen molar-refractivity contribution in [2.75, 3.05) is 0 Å².